The van der Waals surface area contributed by atoms with E-state index < -0.39 is 53.7 Å². The Morgan fingerprint density at radius 1 is 0.837 bits per heavy atom. The lowest BCUT2D eigenvalue weighted by Gasteiger charge is -2.30. The molecule has 0 saturated carbocycles. The highest BCUT2D eigenvalue weighted by Gasteiger charge is 2.33. The van der Waals surface area contributed by atoms with Gasteiger partial charge < -0.3 is 41.1 Å². The Kier molecular flexibility index (Phi) is 13.0. The molecule has 43 heavy (non-hydrogen) atoms. The van der Waals surface area contributed by atoms with E-state index in [2.05, 4.69) is 26.6 Å². The Morgan fingerprint density at radius 3 is 2.02 bits per heavy atom. The summed E-state index contributed by atoms with van der Waals surface area (Å²) in [7, 11) is 0. The van der Waals surface area contributed by atoms with Crippen LogP contribution in [-0.4, -0.2) is 89.4 Å². The summed E-state index contributed by atoms with van der Waals surface area (Å²) in [5.41, 5.74) is 0.210. The molecule has 1 saturated heterocycles. The molecule has 1 aliphatic heterocycles. The second kappa shape index (κ2) is 16.2. The summed E-state index contributed by atoms with van der Waals surface area (Å²) in [6.45, 7) is 10.9. The molecule has 0 radical (unpaired) electrons. The molecule has 1 aromatic rings. The standard InChI is InChI=1S/C28H43N7O8/c1-18(32-24(38)29-14-19(2)33-27(41)42-28(4,5)6)15-30-25(39)34(17-21-10-8-7-9-11-21)20(3)16-31-26(40)43-35-22(36)12-13-23(35)37/h7-11,18-20H,12-17H2,1-6H3,(H,30,39)(H,31,40)(H,33,41)(H2,29,32,38)/t18-,19+,20+/m1/s1. The number of alkyl carbamates (subject to hydrolysis) is 1. The highest BCUT2D eigenvalue weighted by Crippen LogP contribution is 2.13. The Bertz CT molecular complexity index is 1130. The summed E-state index contributed by atoms with van der Waals surface area (Å²) in [6, 6.07) is 6.95. The van der Waals surface area contributed by atoms with Crippen LogP contribution in [0, 0.1) is 0 Å². The van der Waals surface area contributed by atoms with E-state index in [4.69, 9.17) is 9.57 Å². The van der Waals surface area contributed by atoms with Crippen molar-refractivity contribution in [1.29, 1.82) is 0 Å². The fourth-order valence-electron chi connectivity index (χ4n) is 3.80. The number of urea groups is 2. The third-order valence-electron chi connectivity index (χ3n) is 5.98. The lowest BCUT2D eigenvalue weighted by molar-refractivity contribution is -0.171. The number of hydrogen-bond acceptors (Lipinski definition) is 8. The molecule has 0 bridgehead atoms. The van der Waals surface area contributed by atoms with Crippen molar-refractivity contribution in [3.05, 3.63) is 35.9 Å². The van der Waals surface area contributed by atoms with E-state index in [1.165, 1.54) is 4.90 Å². The lowest BCUT2D eigenvalue weighted by Crippen LogP contribution is -2.53. The Morgan fingerprint density at radius 2 is 1.42 bits per heavy atom. The normalized spacial score (nSPS) is 15.1. The molecule has 1 aromatic carbocycles. The van der Waals surface area contributed by atoms with E-state index in [1.807, 2.05) is 30.3 Å². The van der Waals surface area contributed by atoms with Crippen LogP contribution in [0.5, 0.6) is 0 Å². The van der Waals surface area contributed by atoms with Crippen molar-refractivity contribution in [3.8, 4) is 0 Å². The molecule has 0 unspecified atom stereocenters. The van der Waals surface area contributed by atoms with Crippen LogP contribution in [-0.2, 0) is 25.7 Å². The first kappa shape index (κ1) is 34.6. The van der Waals surface area contributed by atoms with Gasteiger partial charge in [-0.3, -0.25) is 9.59 Å². The molecule has 8 amide bonds. The van der Waals surface area contributed by atoms with E-state index in [1.54, 1.807) is 41.5 Å². The van der Waals surface area contributed by atoms with E-state index >= 15 is 0 Å². The molecule has 238 valence electrons. The second-order valence-corrected chi connectivity index (χ2v) is 11.3. The summed E-state index contributed by atoms with van der Waals surface area (Å²) < 4.78 is 5.19. The highest BCUT2D eigenvalue weighted by molar-refractivity contribution is 6.01. The number of amides is 8. The van der Waals surface area contributed by atoms with Crippen LogP contribution in [0.25, 0.3) is 0 Å². The van der Waals surface area contributed by atoms with E-state index in [0.29, 0.717) is 5.06 Å². The molecule has 15 nitrogen and oxygen atoms in total. The van der Waals surface area contributed by atoms with Crippen LogP contribution in [0.15, 0.2) is 30.3 Å². The van der Waals surface area contributed by atoms with Gasteiger partial charge in [0.25, 0.3) is 11.8 Å². The monoisotopic (exact) mass is 605 g/mol. The van der Waals surface area contributed by atoms with Crippen molar-refractivity contribution in [2.24, 2.45) is 0 Å². The number of carbonyl (C=O) groups is 6. The molecule has 1 heterocycles. The molecule has 3 atom stereocenters. The maximum atomic E-state index is 13.2. The van der Waals surface area contributed by atoms with Crippen molar-refractivity contribution in [2.75, 3.05) is 19.6 Å². The molecule has 0 aliphatic carbocycles. The van der Waals surface area contributed by atoms with Crippen molar-refractivity contribution in [2.45, 2.75) is 84.7 Å². The number of nitrogens with one attached hydrogen (secondary N) is 5. The topological polar surface area (TPSA) is 188 Å². The number of hydroxylamine groups is 2. The second-order valence-electron chi connectivity index (χ2n) is 11.3. The molecule has 0 spiro atoms. The smallest absolute Gasteiger partial charge is 0.432 e. The van der Waals surface area contributed by atoms with Gasteiger partial charge in [0, 0.05) is 57.1 Å². The van der Waals surface area contributed by atoms with E-state index in [-0.39, 0.29) is 45.1 Å². The van der Waals surface area contributed by atoms with Crippen LogP contribution in [0.1, 0.15) is 59.9 Å². The van der Waals surface area contributed by atoms with Gasteiger partial charge in [-0.25, -0.2) is 19.2 Å². The van der Waals surface area contributed by atoms with E-state index in [0.717, 1.165) is 5.56 Å². The Labute approximate surface area is 251 Å². The Balaban J connectivity index is 1.85. The molecular formula is C28H43N7O8. The van der Waals surface area contributed by atoms with Gasteiger partial charge in [0.15, 0.2) is 0 Å². The summed E-state index contributed by atoms with van der Waals surface area (Å²) in [6.07, 6.45) is -1.62. The SMILES string of the molecule is C[C@H](CNC(=O)N(Cc1ccccc1)[C@@H](C)CNC(=O)ON1C(=O)CCC1=O)NC(=O)NC[C@H](C)NC(=O)OC(C)(C)C. The number of ether oxygens (including phenoxy) is 1. The number of carbonyl (C=O) groups excluding carboxylic acids is 6. The quantitative estimate of drug-likeness (QED) is 0.224. The highest BCUT2D eigenvalue weighted by atomic mass is 16.7. The fourth-order valence-corrected chi connectivity index (χ4v) is 3.80. The first-order chi connectivity index (χ1) is 20.1. The number of benzene rings is 1. The number of rotatable bonds is 12. The van der Waals surface area contributed by atoms with Gasteiger partial charge in [0.05, 0.1) is 0 Å². The summed E-state index contributed by atoms with van der Waals surface area (Å²) in [5.74, 6) is -1.19. The third kappa shape index (κ3) is 12.9. The first-order valence-corrected chi connectivity index (χ1v) is 14.1. The van der Waals surface area contributed by atoms with Crippen molar-refractivity contribution in [1.82, 2.24) is 36.5 Å². The largest absolute Gasteiger partial charge is 0.444 e. The molecule has 15 heteroatoms. The fraction of sp³-hybridized carbons (Fsp3) is 0.571. The summed E-state index contributed by atoms with van der Waals surface area (Å²) in [4.78, 5) is 79.3. The average molecular weight is 606 g/mol. The third-order valence-corrected chi connectivity index (χ3v) is 5.98. The van der Waals surface area contributed by atoms with Crippen LogP contribution in [0.4, 0.5) is 19.2 Å². The van der Waals surface area contributed by atoms with Crippen LogP contribution < -0.4 is 26.6 Å². The minimum absolute atomic E-state index is 0.0209. The molecule has 5 N–H and O–H groups in total. The van der Waals surface area contributed by atoms with Crippen LogP contribution in [0.2, 0.25) is 0 Å². The van der Waals surface area contributed by atoms with Crippen LogP contribution >= 0.6 is 0 Å². The predicted molar refractivity (Wildman–Crippen MR) is 155 cm³/mol. The zero-order valence-corrected chi connectivity index (χ0v) is 25.5. The minimum atomic E-state index is -0.991. The van der Waals surface area contributed by atoms with Crippen molar-refractivity contribution in [3.63, 3.8) is 0 Å². The molecule has 1 fully saturated rings. The average Bonchev–Trinajstić information content (AvgIpc) is 3.23. The zero-order chi connectivity index (χ0) is 32.2. The number of nitrogens with zero attached hydrogens (tertiary/aromatic N) is 2. The maximum absolute atomic E-state index is 13.2. The predicted octanol–water partition coefficient (Wildman–Crippen LogP) is 1.98. The molecule has 0 aromatic heterocycles. The summed E-state index contributed by atoms with van der Waals surface area (Å²) in [5, 5.41) is 13.7. The lowest BCUT2D eigenvalue weighted by atomic mass is 10.2. The zero-order valence-electron chi connectivity index (χ0n) is 25.5. The van der Waals surface area contributed by atoms with Gasteiger partial charge in [-0.15, -0.1) is 5.06 Å². The van der Waals surface area contributed by atoms with Gasteiger partial charge in [-0.1, -0.05) is 30.3 Å². The molecule has 2 rings (SSSR count). The first-order valence-electron chi connectivity index (χ1n) is 14.1. The Hall–Kier alpha value is -4.56. The maximum Gasteiger partial charge on any atom is 0.432 e. The molecular weight excluding hydrogens is 562 g/mol. The van der Waals surface area contributed by atoms with Gasteiger partial charge >= 0.3 is 24.2 Å². The van der Waals surface area contributed by atoms with Crippen molar-refractivity contribution < 1.29 is 38.3 Å². The van der Waals surface area contributed by atoms with Gasteiger partial charge in [-0.05, 0) is 47.1 Å². The number of hydrogen-bond donors (Lipinski definition) is 5. The van der Waals surface area contributed by atoms with Crippen molar-refractivity contribution >= 4 is 36.1 Å². The van der Waals surface area contributed by atoms with Gasteiger partial charge in [-0.2, -0.15) is 0 Å². The van der Waals surface area contributed by atoms with Gasteiger partial charge in [0.1, 0.15) is 5.60 Å². The summed E-state index contributed by atoms with van der Waals surface area (Å²) >= 11 is 0. The molecule has 1 aliphatic rings. The van der Waals surface area contributed by atoms with Crippen LogP contribution in [0.3, 0.4) is 0 Å². The number of imide groups is 1. The van der Waals surface area contributed by atoms with E-state index in [9.17, 15) is 28.8 Å². The minimum Gasteiger partial charge on any atom is -0.444 e. The van der Waals surface area contributed by atoms with Gasteiger partial charge in [0.2, 0.25) is 0 Å².